The summed E-state index contributed by atoms with van der Waals surface area (Å²) in [6.07, 6.45) is 4.97. The van der Waals surface area contributed by atoms with Gasteiger partial charge in [0.05, 0.1) is 0 Å². The van der Waals surface area contributed by atoms with Gasteiger partial charge in [0, 0.05) is 31.2 Å². The minimum atomic E-state index is 0.172. The molecule has 0 radical (unpaired) electrons. The van der Waals surface area contributed by atoms with E-state index in [1.807, 2.05) is 0 Å². The van der Waals surface area contributed by atoms with Crippen LogP contribution in [-0.4, -0.2) is 35.7 Å². The lowest BCUT2D eigenvalue weighted by Gasteiger charge is -2.43. The molecule has 2 heteroatoms. The van der Waals surface area contributed by atoms with E-state index in [2.05, 4.69) is 39.5 Å². The first-order valence-corrected chi connectivity index (χ1v) is 7.73. The van der Waals surface area contributed by atoms with E-state index in [-0.39, 0.29) is 5.41 Å². The molecular weight excluding hydrogens is 222 g/mol. The van der Waals surface area contributed by atoms with Gasteiger partial charge in [-0.1, -0.05) is 33.6 Å². The van der Waals surface area contributed by atoms with Gasteiger partial charge in [-0.05, 0) is 38.5 Å². The lowest BCUT2D eigenvalue weighted by atomic mass is 9.71. The molecule has 0 aromatic carbocycles. The van der Waals surface area contributed by atoms with E-state index in [1.165, 1.54) is 25.7 Å². The Morgan fingerprint density at radius 1 is 1.17 bits per heavy atom. The standard InChI is InChI=1S/C16H33NO/c1-13(2)10-17(14(3)4)11-16(12-18)8-6-15(5)7-9-16/h13-15,18H,6-12H2,1-5H3. The highest BCUT2D eigenvalue weighted by atomic mass is 16.3. The number of hydrogen-bond donors (Lipinski definition) is 1. The van der Waals surface area contributed by atoms with Gasteiger partial charge in [0.1, 0.15) is 0 Å². The van der Waals surface area contributed by atoms with Crippen LogP contribution in [0.1, 0.15) is 60.3 Å². The van der Waals surface area contributed by atoms with Gasteiger partial charge in [-0.15, -0.1) is 0 Å². The van der Waals surface area contributed by atoms with Crippen LogP contribution in [0.15, 0.2) is 0 Å². The maximum absolute atomic E-state index is 9.87. The minimum absolute atomic E-state index is 0.172. The molecule has 0 aliphatic heterocycles. The summed E-state index contributed by atoms with van der Waals surface area (Å²) in [5.41, 5.74) is 0.172. The molecule has 0 aromatic heterocycles. The Kier molecular flexibility index (Phi) is 6.13. The molecule has 0 bridgehead atoms. The molecule has 108 valence electrons. The fourth-order valence-corrected chi connectivity index (χ4v) is 3.10. The van der Waals surface area contributed by atoms with Crippen LogP contribution in [0.3, 0.4) is 0 Å². The second-order valence-electron chi connectivity index (χ2n) is 7.26. The molecule has 2 nitrogen and oxygen atoms in total. The van der Waals surface area contributed by atoms with E-state index < -0.39 is 0 Å². The number of aliphatic hydroxyl groups excluding tert-OH is 1. The summed E-state index contributed by atoms with van der Waals surface area (Å²) in [6.45, 7) is 14.0. The fourth-order valence-electron chi connectivity index (χ4n) is 3.10. The van der Waals surface area contributed by atoms with Crippen LogP contribution in [-0.2, 0) is 0 Å². The predicted octanol–water partition coefficient (Wildman–Crippen LogP) is 3.54. The van der Waals surface area contributed by atoms with Gasteiger partial charge in [-0.3, -0.25) is 0 Å². The third-order valence-corrected chi connectivity index (χ3v) is 4.54. The van der Waals surface area contributed by atoms with Crippen LogP contribution < -0.4 is 0 Å². The molecule has 0 atom stereocenters. The van der Waals surface area contributed by atoms with E-state index in [1.54, 1.807) is 0 Å². The van der Waals surface area contributed by atoms with E-state index >= 15 is 0 Å². The Labute approximate surface area is 114 Å². The Morgan fingerprint density at radius 3 is 2.11 bits per heavy atom. The highest BCUT2D eigenvalue weighted by Gasteiger charge is 2.35. The van der Waals surface area contributed by atoms with E-state index in [9.17, 15) is 5.11 Å². The molecule has 0 spiro atoms. The molecule has 0 amide bonds. The van der Waals surface area contributed by atoms with Crippen LogP contribution in [0.25, 0.3) is 0 Å². The zero-order valence-corrected chi connectivity index (χ0v) is 13.1. The van der Waals surface area contributed by atoms with Crippen molar-refractivity contribution in [1.29, 1.82) is 0 Å². The average Bonchev–Trinajstić information content (AvgIpc) is 2.31. The average molecular weight is 255 g/mol. The molecule has 1 rings (SSSR count). The van der Waals surface area contributed by atoms with Gasteiger partial charge in [0.25, 0.3) is 0 Å². The zero-order chi connectivity index (χ0) is 13.8. The van der Waals surface area contributed by atoms with Gasteiger partial charge in [-0.2, -0.15) is 0 Å². The van der Waals surface area contributed by atoms with Crippen LogP contribution in [0, 0.1) is 17.3 Å². The molecule has 1 N–H and O–H groups in total. The summed E-state index contributed by atoms with van der Waals surface area (Å²) in [5, 5.41) is 9.87. The molecule has 1 aliphatic carbocycles. The Bertz CT molecular complexity index is 229. The smallest absolute Gasteiger partial charge is 0.0499 e. The summed E-state index contributed by atoms with van der Waals surface area (Å²) in [5.74, 6) is 1.55. The maximum atomic E-state index is 9.87. The van der Waals surface area contributed by atoms with Gasteiger partial charge in [-0.25, -0.2) is 0 Å². The summed E-state index contributed by atoms with van der Waals surface area (Å²) < 4.78 is 0. The topological polar surface area (TPSA) is 23.5 Å². The van der Waals surface area contributed by atoms with Crippen molar-refractivity contribution in [1.82, 2.24) is 4.90 Å². The third-order valence-electron chi connectivity index (χ3n) is 4.54. The molecule has 1 fully saturated rings. The van der Waals surface area contributed by atoms with Crippen molar-refractivity contribution < 1.29 is 5.11 Å². The van der Waals surface area contributed by atoms with Crippen molar-refractivity contribution in [3.8, 4) is 0 Å². The maximum Gasteiger partial charge on any atom is 0.0499 e. The van der Waals surface area contributed by atoms with E-state index in [0.717, 1.165) is 19.0 Å². The fraction of sp³-hybridized carbons (Fsp3) is 1.00. The van der Waals surface area contributed by atoms with E-state index in [4.69, 9.17) is 0 Å². The van der Waals surface area contributed by atoms with Crippen molar-refractivity contribution in [2.75, 3.05) is 19.7 Å². The van der Waals surface area contributed by atoms with Crippen molar-refractivity contribution in [3.05, 3.63) is 0 Å². The molecule has 18 heavy (non-hydrogen) atoms. The quantitative estimate of drug-likeness (QED) is 0.784. The number of rotatable bonds is 6. The summed E-state index contributed by atoms with van der Waals surface area (Å²) in [7, 11) is 0. The van der Waals surface area contributed by atoms with Gasteiger partial charge < -0.3 is 10.0 Å². The third kappa shape index (κ3) is 4.55. The molecule has 0 saturated heterocycles. The first-order chi connectivity index (χ1) is 8.38. The summed E-state index contributed by atoms with van der Waals surface area (Å²) in [4.78, 5) is 2.57. The first kappa shape index (κ1) is 16.0. The second-order valence-corrected chi connectivity index (χ2v) is 7.26. The zero-order valence-electron chi connectivity index (χ0n) is 13.1. The second kappa shape index (κ2) is 6.91. The van der Waals surface area contributed by atoms with Crippen molar-refractivity contribution in [3.63, 3.8) is 0 Å². The van der Waals surface area contributed by atoms with Crippen LogP contribution in [0.4, 0.5) is 0 Å². The predicted molar refractivity (Wildman–Crippen MR) is 78.7 cm³/mol. The van der Waals surface area contributed by atoms with Crippen molar-refractivity contribution in [2.45, 2.75) is 66.3 Å². The van der Waals surface area contributed by atoms with Crippen molar-refractivity contribution in [2.24, 2.45) is 17.3 Å². The Morgan fingerprint density at radius 2 is 1.72 bits per heavy atom. The normalized spacial score (nSPS) is 29.5. The number of nitrogens with zero attached hydrogens (tertiary/aromatic N) is 1. The largest absolute Gasteiger partial charge is 0.396 e. The lowest BCUT2D eigenvalue weighted by molar-refractivity contribution is 0.0162. The molecule has 0 heterocycles. The van der Waals surface area contributed by atoms with E-state index in [0.29, 0.717) is 18.6 Å². The SMILES string of the molecule is CC(C)CN(CC1(CO)CCC(C)CC1)C(C)C. The molecule has 0 aromatic rings. The van der Waals surface area contributed by atoms with Gasteiger partial charge in [0.15, 0.2) is 0 Å². The lowest BCUT2D eigenvalue weighted by Crippen LogP contribution is -2.46. The molecule has 0 unspecified atom stereocenters. The number of hydrogen-bond acceptors (Lipinski definition) is 2. The van der Waals surface area contributed by atoms with Crippen LogP contribution in [0.5, 0.6) is 0 Å². The highest BCUT2D eigenvalue weighted by molar-refractivity contribution is 4.88. The van der Waals surface area contributed by atoms with Crippen LogP contribution in [0.2, 0.25) is 0 Å². The Balaban J connectivity index is 2.64. The van der Waals surface area contributed by atoms with Crippen LogP contribution >= 0.6 is 0 Å². The van der Waals surface area contributed by atoms with Crippen molar-refractivity contribution >= 4 is 0 Å². The first-order valence-electron chi connectivity index (χ1n) is 7.73. The van der Waals surface area contributed by atoms with Gasteiger partial charge >= 0.3 is 0 Å². The minimum Gasteiger partial charge on any atom is -0.396 e. The summed E-state index contributed by atoms with van der Waals surface area (Å²) in [6, 6.07) is 0.579. The summed E-state index contributed by atoms with van der Waals surface area (Å²) >= 11 is 0. The number of aliphatic hydroxyl groups is 1. The molecule has 1 saturated carbocycles. The molecular formula is C16H33NO. The highest BCUT2D eigenvalue weighted by Crippen LogP contribution is 2.39. The van der Waals surface area contributed by atoms with Gasteiger partial charge in [0.2, 0.25) is 0 Å². The monoisotopic (exact) mass is 255 g/mol. The molecule has 1 aliphatic rings. The Hall–Kier alpha value is -0.0800.